The van der Waals surface area contributed by atoms with E-state index in [2.05, 4.69) is 21.2 Å². The van der Waals surface area contributed by atoms with Crippen molar-refractivity contribution in [1.82, 2.24) is 0 Å². The van der Waals surface area contributed by atoms with Crippen molar-refractivity contribution in [1.29, 1.82) is 0 Å². The van der Waals surface area contributed by atoms with Crippen molar-refractivity contribution in [2.24, 2.45) is 0 Å². The number of hydrogen-bond acceptors (Lipinski definition) is 4. The maximum Gasteiger partial charge on any atom is 0.293 e. The second-order valence-electron chi connectivity index (χ2n) is 3.67. The number of nitrogens with one attached hydrogen (secondary N) is 1. The first-order chi connectivity index (χ1) is 8.56. The van der Waals surface area contributed by atoms with E-state index in [1.807, 2.05) is 0 Å². The van der Waals surface area contributed by atoms with E-state index in [1.54, 1.807) is 36.4 Å². The first kappa shape index (κ1) is 12.4. The highest BCUT2D eigenvalue weighted by atomic mass is 79.9. The van der Waals surface area contributed by atoms with Crippen molar-refractivity contribution in [2.75, 3.05) is 11.1 Å². The minimum absolute atomic E-state index is 0.00630. The van der Waals surface area contributed by atoms with Gasteiger partial charge in [-0.1, -0.05) is 22.0 Å². The molecule has 0 heterocycles. The highest BCUT2D eigenvalue weighted by Gasteiger charge is 2.14. The lowest BCUT2D eigenvalue weighted by atomic mass is 10.2. The summed E-state index contributed by atoms with van der Waals surface area (Å²) in [4.78, 5) is 10.5. The number of rotatable bonds is 3. The van der Waals surface area contributed by atoms with E-state index in [0.29, 0.717) is 21.5 Å². The van der Waals surface area contributed by atoms with E-state index in [0.717, 1.165) is 0 Å². The molecule has 6 heteroatoms. The first-order valence-corrected chi connectivity index (χ1v) is 5.92. The summed E-state index contributed by atoms with van der Waals surface area (Å²) < 4.78 is 0.660. The van der Waals surface area contributed by atoms with Gasteiger partial charge in [0.1, 0.15) is 5.69 Å². The number of hydrogen-bond donors (Lipinski definition) is 2. The number of nitrogens with two attached hydrogens (primary N) is 1. The van der Waals surface area contributed by atoms with Gasteiger partial charge in [0.05, 0.1) is 4.92 Å². The number of nitrogen functional groups attached to an aromatic ring is 1. The molecule has 0 spiro atoms. The molecule has 18 heavy (non-hydrogen) atoms. The maximum absolute atomic E-state index is 11.0. The summed E-state index contributed by atoms with van der Waals surface area (Å²) in [6.07, 6.45) is 0. The Kier molecular flexibility index (Phi) is 3.47. The number of nitro benzene ring substituents is 1. The smallest absolute Gasteiger partial charge is 0.293 e. The molecule has 2 rings (SSSR count). The molecule has 0 atom stereocenters. The van der Waals surface area contributed by atoms with E-state index in [-0.39, 0.29) is 5.69 Å². The normalized spacial score (nSPS) is 10.1. The monoisotopic (exact) mass is 307 g/mol. The third-order valence-corrected chi connectivity index (χ3v) is 2.82. The molecule has 0 saturated carbocycles. The lowest BCUT2D eigenvalue weighted by Gasteiger charge is -2.07. The summed E-state index contributed by atoms with van der Waals surface area (Å²) >= 11 is 3.21. The summed E-state index contributed by atoms with van der Waals surface area (Å²) in [7, 11) is 0. The van der Waals surface area contributed by atoms with Crippen molar-refractivity contribution in [3.8, 4) is 0 Å². The van der Waals surface area contributed by atoms with Crippen LogP contribution < -0.4 is 11.1 Å². The molecule has 0 aliphatic carbocycles. The molecule has 3 N–H and O–H groups in total. The van der Waals surface area contributed by atoms with Crippen LogP contribution in [0.2, 0.25) is 0 Å². The van der Waals surface area contributed by atoms with Crippen LogP contribution in [0.4, 0.5) is 22.7 Å². The van der Waals surface area contributed by atoms with Crippen LogP contribution in [0.15, 0.2) is 46.9 Å². The van der Waals surface area contributed by atoms with Gasteiger partial charge < -0.3 is 11.1 Å². The average molecular weight is 308 g/mol. The first-order valence-electron chi connectivity index (χ1n) is 5.13. The molecule has 0 unspecified atom stereocenters. The summed E-state index contributed by atoms with van der Waals surface area (Å²) in [5, 5.41) is 13.9. The largest absolute Gasteiger partial charge is 0.399 e. The Morgan fingerprint density at radius 2 is 2.00 bits per heavy atom. The van der Waals surface area contributed by atoms with Gasteiger partial charge in [-0.05, 0) is 30.3 Å². The van der Waals surface area contributed by atoms with Gasteiger partial charge in [-0.25, -0.2) is 0 Å². The van der Waals surface area contributed by atoms with Crippen LogP contribution >= 0.6 is 15.9 Å². The van der Waals surface area contributed by atoms with E-state index in [4.69, 9.17) is 5.73 Å². The van der Waals surface area contributed by atoms with Gasteiger partial charge in [0.25, 0.3) is 5.69 Å². The molecule has 0 amide bonds. The number of halogens is 1. The highest BCUT2D eigenvalue weighted by molar-refractivity contribution is 9.10. The van der Waals surface area contributed by atoms with E-state index in [1.165, 1.54) is 6.07 Å². The van der Waals surface area contributed by atoms with Crippen LogP contribution in [0.3, 0.4) is 0 Å². The van der Waals surface area contributed by atoms with Crippen LogP contribution in [0.5, 0.6) is 0 Å². The number of anilines is 3. The van der Waals surface area contributed by atoms with Crippen molar-refractivity contribution in [3.05, 3.63) is 57.1 Å². The Morgan fingerprint density at radius 3 is 2.67 bits per heavy atom. The maximum atomic E-state index is 11.0. The Labute approximate surface area is 112 Å². The molecule has 2 aromatic carbocycles. The van der Waals surface area contributed by atoms with Gasteiger partial charge in [0.15, 0.2) is 0 Å². The number of nitrogens with zero attached hydrogens (tertiary/aromatic N) is 1. The fourth-order valence-corrected chi connectivity index (χ4v) is 1.88. The molecule has 0 fully saturated rings. The van der Waals surface area contributed by atoms with E-state index in [9.17, 15) is 10.1 Å². The predicted octanol–water partition coefficient (Wildman–Crippen LogP) is 3.68. The van der Waals surface area contributed by atoms with Crippen molar-refractivity contribution >= 4 is 38.7 Å². The SMILES string of the molecule is Nc1cccc(Nc2ccc(Br)cc2[N+](=O)[O-])c1. The molecule has 92 valence electrons. The minimum atomic E-state index is -0.431. The van der Waals surface area contributed by atoms with Crippen molar-refractivity contribution in [3.63, 3.8) is 0 Å². The molecule has 0 aliphatic heterocycles. The zero-order valence-corrected chi connectivity index (χ0v) is 10.8. The lowest BCUT2D eigenvalue weighted by Crippen LogP contribution is -1.97. The zero-order chi connectivity index (χ0) is 13.1. The van der Waals surface area contributed by atoms with Gasteiger partial charge in [0.2, 0.25) is 0 Å². The molecular formula is C12H10BrN3O2. The molecule has 0 radical (unpaired) electrons. The topological polar surface area (TPSA) is 81.2 Å². The Morgan fingerprint density at radius 1 is 1.22 bits per heavy atom. The zero-order valence-electron chi connectivity index (χ0n) is 9.26. The third-order valence-electron chi connectivity index (χ3n) is 2.32. The molecule has 0 aliphatic rings. The van der Waals surface area contributed by atoms with Gasteiger partial charge in [-0.3, -0.25) is 10.1 Å². The Balaban J connectivity index is 2.37. The van der Waals surface area contributed by atoms with Crippen molar-refractivity contribution < 1.29 is 4.92 Å². The molecule has 0 aromatic heterocycles. The Bertz CT molecular complexity index is 602. The van der Waals surface area contributed by atoms with Crippen LogP contribution in [0.25, 0.3) is 0 Å². The minimum Gasteiger partial charge on any atom is -0.399 e. The second kappa shape index (κ2) is 5.05. The number of nitro groups is 1. The average Bonchev–Trinajstić information content (AvgIpc) is 2.31. The van der Waals surface area contributed by atoms with E-state index < -0.39 is 4.92 Å². The Hall–Kier alpha value is -2.08. The summed E-state index contributed by atoms with van der Waals surface area (Å²) in [6.45, 7) is 0. The summed E-state index contributed by atoms with van der Waals surface area (Å²) in [6, 6.07) is 11.9. The standard InChI is InChI=1S/C12H10BrN3O2/c13-8-4-5-11(12(6-8)16(17)18)15-10-3-1-2-9(14)7-10/h1-7,15H,14H2. The summed E-state index contributed by atoms with van der Waals surface area (Å²) in [5.74, 6) is 0. The fourth-order valence-electron chi connectivity index (χ4n) is 1.53. The van der Waals surface area contributed by atoms with Crippen LogP contribution in [-0.2, 0) is 0 Å². The molecule has 2 aromatic rings. The van der Waals surface area contributed by atoms with Crippen LogP contribution in [0.1, 0.15) is 0 Å². The molecule has 0 saturated heterocycles. The van der Waals surface area contributed by atoms with Gasteiger partial charge >= 0.3 is 0 Å². The third kappa shape index (κ3) is 2.78. The quantitative estimate of drug-likeness (QED) is 0.515. The van der Waals surface area contributed by atoms with E-state index >= 15 is 0 Å². The predicted molar refractivity (Wildman–Crippen MR) is 74.9 cm³/mol. The fraction of sp³-hybridized carbons (Fsp3) is 0. The second-order valence-corrected chi connectivity index (χ2v) is 4.58. The van der Waals surface area contributed by atoms with Crippen LogP contribution in [-0.4, -0.2) is 4.92 Å². The van der Waals surface area contributed by atoms with Crippen LogP contribution in [0, 0.1) is 10.1 Å². The van der Waals surface area contributed by atoms with Crippen molar-refractivity contribution in [2.45, 2.75) is 0 Å². The highest BCUT2D eigenvalue weighted by Crippen LogP contribution is 2.30. The molecule has 5 nitrogen and oxygen atoms in total. The van der Waals surface area contributed by atoms with Gasteiger partial charge in [-0.15, -0.1) is 0 Å². The van der Waals surface area contributed by atoms with Gasteiger partial charge in [0, 0.05) is 21.9 Å². The lowest BCUT2D eigenvalue weighted by molar-refractivity contribution is -0.384. The molecular weight excluding hydrogens is 298 g/mol. The molecule has 0 bridgehead atoms. The number of benzene rings is 2. The van der Waals surface area contributed by atoms with Gasteiger partial charge in [-0.2, -0.15) is 0 Å². The summed E-state index contributed by atoms with van der Waals surface area (Å²) in [5.41, 5.74) is 7.39.